The molecule has 0 fully saturated rings. The third-order valence-electron chi connectivity index (χ3n) is 13.5. The summed E-state index contributed by atoms with van der Waals surface area (Å²) in [5, 5.41) is 17.2. The van der Waals surface area contributed by atoms with Crippen molar-refractivity contribution in [2.75, 3.05) is 0 Å². The van der Waals surface area contributed by atoms with Crippen molar-refractivity contribution in [1.82, 2.24) is 4.57 Å². The zero-order chi connectivity index (χ0) is 52.6. The van der Waals surface area contributed by atoms with Gasteiger partial charge in [-0.15, -0.1) is 0 Å². The Kier molecular flexibility index (Phi) is 15.6. The normalized spacial score (nSPS) is 11.3. The second-order valence-corrected chi connectivity index (χ2v) is 20.4. The number of carbonyl (C=O) groups excluding carboxylic acids is 1. The average Bonchev–Trinajstić information content (AvgIpc) is 3.78. The van der Waals surface area contributed by atoms with Crippen molar-refractivity contribution < 1.29 is 14.3 Å². The first-order valence-corrected chi connectivity index (χ1v) is 26.4. The van der Waals surface area contributed by atoms with Crippen molar-refractivity contribution in [1.29, 1.82) is 0 Å². The molecule has 0 N–H and O–H groups in total. The Hall–Kier alpha value is -8.47. The highest BCUT2D eigenvalue weighted by Crippen LogP contribution is 2.39. The fourth-order valence-corrected chi connectivity index (χ4v) is 9.88. The van der Waals surface area contributed by atoms with Gasteiger partial charge in [-0.05, 0) is 123 Å². The van der Waals surface area contributed by atoms with Crippen LogP contribution >= 0.6 is 0 Å². The summed E-state index contributed by atoms with van der Waals surface area (Å²) < 4.78 is 13.1. The van der Waals surface area contributed by atoms with Crippen LogP contribution in [0.3, 0.4) is 0 Å². The maximum atomic E-state index is 12.0. The summed E-state index contributed by atoms with van der Waals surface area (Å²) >= 11 is 0. The molecule has 12 aromatic carbocycles. The highest BCUT2D eigenvalue weighted by Gasteiger charge is 2.20. The Morgan fingerprint density at radius 3 is 1.32 bits per heavy atom. The predicted octanol–water partition coefficient (Wildman–Crippen LogP) is 20.8. The van der Waals surface area contributed by atoms with Gasteiger partial charge >= 0.3 is 6.16 Å². The van der Waals surface area contributed by atoms with Gasteiger partial charge in [-0.1, -0.05) is 242 Å². The van der Waals surface area contributed by atoms with Crippen LogP contribution in [0.15, 0.2) is 231 Å². The summed E-state index contributed by atoms with van der Waals surface area (Å²) in [5.41, 5.74) is 5.99. The molecule has 0 saturated carbocycles. The van der Waals surface area contributed by atoms with E-state index >= 15 is 0 Å². The molecule has 1 aromatic heterocycles. The monoisotopic (exact) mass is 982 g/mol. The lowest BCUT2D eigenvalue weighted by atomic mass is 9.94. The highest BCUT2D eigenvalue weighted by molar-refractivity contribution is 6.24. The number of hydrogen-bond acceptors (Lipinski definition) is 3. The van der Waals surface area contributed by atoms with Crippen molar-refractivity contribution in [3.8, 4) is 11.4 Å². The minimum atomic E-state index is -0.683. The topological polar surface area (TPSA) is 40.5 Å². The highest BCUT2D eigenvalue weighted by atomic mass is 16.7. The van der Waals surface area contributed by atoms with Gasteiger partial charge in [0.05, 0.1) is 16.7 Å². The maximum absolute atomic E-state index is 12.0. The number of fused-ring (bicyclic) bond motifs is 6. The molecule has 0 aliphatic carbocycles. The summed E-state index contributed by atoms with van der Waals surface area (Å²) in [6.45, 7) is 18.4. The van der Waals surface area contributed by atoms with Gasteiger partial charge in [0.25, 0.3) is 0 Å². The molecule has 4 heteroatoms. The number of ether oxygens (including phenoxy) is 2. The minimum Gasteiger partial charge on any atom is -0.428 e. The zero-order valence-electron chi connectivity index (χ0n) is 44.8. The Balaban J connectivity index is 0.000000126. The van der Waals surface area contributed by atoms with Crippen molar-refractivity contribution >= 4 is 92.6 Å². The Morgan fingerprint density at radius 1 is 0.387 bits per heavy atom. The van der Waals surface area contributed by atoms with Crippen molar-refractivity contribution in [3.63, 3.8) is 0 Å². The van der Waals surface area contributed by atoms with Crippen LogP contribution in [0.4, 0.5) is 4.79 Å². The van der Waals surface area contributed by atoms with E-state index in [-0.39, 0.29) is 0 Å². The van der Waals surface area contributed by atoms with Crippen molar-refractivity contribution in [2.45, 2.75) is 79.8 Å². The molecule has 0 bridgehead atoms. The van der Waals surface area contributed by atoms with Crippen LogP contribution in [0.5, 0.6) is 5.75 Å². The number of carbonyl (C=O) groups is 1. The molecule has 0 saturated heterocycles. The number of para-hydroxylation sites is 2. The first kappa shape index (κ1) is 51.4. The summed E-state index contributed by atoms with van der Waals surface area (Å²) in [5.74, 6) is 1.75. The molecule has 0 atom stereocenters. The van der Waals surface area contributed by atoms with E-state index in [4.69, 9.17) is 9.47 Å². The molecular formula is C71H67NO3. The molecule has 13 rings (SSSR count). The zero-order valence-corrected chi connectivity index (χ0v) is 44.8. The van der Waals surface area contributed by atoms with E-state index in [1.165, 1.54) is 87.1 Å². The SMILES string of the molecule is CC.CC(C)(C)OC(=O)Oc1ccc2ccc3cccc4ccc1c2c34.CC(C)c1ccc2ccccc2c1.CC(C)c1ccc2ccccc2c1.c1ccc2c(-n3c4ccccc4c4ccccc43)cccc2c1. The van der Waals surface area contributed by atoms with Crippen LogP contribution < -0.4 is 4.74 Å². The minimum absolute atomic E-state index is 0.523. The van der Waals surface area contributed by atoms with Gasteiger partial charge in [0.2, 0.25) is 0 Å². The molecule has 0 radical (unpaired) electrons. The van der Waals surface area contributed by atoms with Crippen LogP contribution in [0.2, 0.25) is 0 Å². The Bertz CT molecular complexity index is 3900. The largest absolute Gasteiger partial charge is 0.514 e. The summed E-state index contributed by atoms with van der Waals surface area (Å²) in [4.78, 5) is 12.0. The molecule has 0 aliphatic rings. The smallest absolute Gasteiger partial charge is 0.428 e. The van der Waals surface area contributed by atoms with Gasteiger partial charge < -0.3 is 14.0 Å². The molecule has 75 heavy (non-hydrogen) atoms. The van der Waals surface area contributed by atoms with Crippen LogP contribution in [-0.2, 0) is 4.74 Å². The lowest BCUT2D eigenvalue weighted by Crippen LogP contribution is -2.26. The predicted molar refractivity (Wildman–Crippen MR) is 323 cm³/mol. The molecule has 0 spiro atoms. The first-order chi connectivity index (χ1) is 36.4. The average molecular weight is 982 g/mol. The third-order valence-corrected chi connectivity index (χ3v) is 13.5. The Labute approximate surface area is 442 Å². The number of hydrogen-bond donors (Lipinski definition) is 0. The fraction of sp³-hybridized carbons (Fsp3) is 0.169. The van der Waals surface area contributed by atoms with Crippen LogP contribution in [0.25, 0.3) is 92.1 Å². The lowest BCUT2D eigenvalue weighted by Gasteiger charge is -2.19. The van der Waals surface area contributed by atoms with Gasteiger partial charge in [-0.3, -0.25) is 0 Å². The van der Waals surface area contributed by atoms with E-state index in [1.54, 1.807) is 0 Å². The molecule has 0 aliphatic heterocycles. The second kappa shape index (κ2) is 22.7. The van der Waals surface area contributed by atoms with E-state index in [0.29, 0.717) is 17.6 Å². The quantitative estimate of drug-likeness (QED) is 0.100. The van der Waals surface area contributed by atoms with Crippen molar-refractivity contribution in [2.24, 2.45) is 0 Å². The third kappa shape index (κ3) is 11.4. The molecule has 4 nitrogen and oxygen atoms in total. The first-order valence-electron chi connectivity index (χ1n) is 26.4. The van der Waals surface area contributed by atoms with Gasteiger partial charge in [0, 0.05) is 26.9 Å². The maximum Gasteiger partial charge on any atom is 0.514 e. The van der Waals surface area contributed by atoms with Gasteiger partial charge in [0.1, 0.15) is 11.4 Å². The second-order valence-electron chi connectivity index (χ2n) is 20.4. The number of rotatable bonds is 4. The molecule has 0 amide bonds. The van der Waals surface area contributed by atoms with E-state index < -0.39 is 11.8 Å². The summed E-state index contributed by atoms with van der Waals surface area (Å²) in [6, 6.07) is 81.1. The van der Waals surface area contributed by atoms with Crippen LogP contribution in [0, 0.1) is 0 Å². The van der Waals surface area contributed by atoms with Gasteiger partial charge in [0.15, 0.2) is 0 Å². The van der Waals surface area contributed by atoms with E-state index in [0.717, 1.165) is 16.2 Å². The van der Waals surface area contributed by atoms with Gasteiger partial charge in [-0.25, -0.2) is 4.79 Å². The summed E-state index contributed by atoms with van der Waals surface area (Å²) in [7, 11) is 0. The Morgan fingerprint density at radius 2 is 0.787 bits per heavy atom. The van der Waals surface area contributed by atoms with E-state index in [1.807, 2.05) is 52.8 Å². The number of benzene rings is 12. The van der Waals surface area contributed by atoms with E-state index in [2.05, 4.69) is 245 Å². The standard InChI is InChI=1S/C22H15N.C21H18O3.2C13H14.C2H6/c1-2-10-17-16(8-1)9-7-15-20(17)23-21-13-5-3-11-18(21)19-12-4-6-14-22(19)23;1-21(2,3)24-20(22)23-17-12-10-15-8-7-13-5-4-6-14-9-11-16(17)19(15)18(13)14;2*1-10(2)12-8-7-11-5-3-4-6-13(11)9-12;1-2/h1-15H;4-12H,1-3H3;2*3-10H,1-2H3;1-2H3. The van der Waals surface area contributed by atoms with Crippen LogP contribution in [-0.4, -0.2) is 16.3 Å². The number of aromatic nitrogens is 1. The van der Waals surface area contributed by atoms with Gasteiger partial charge in [-0.2, -0.15) is 0 Å². The molecular weight excluding hydrogens is 915 g/mol. The lowest BCUT2D eigenvalue weighted by molar-refractivity contribution is 0.0209. The van der Waals surface area contributed by atoms with E-state index in [9.17, 15) is 4.79 Å². The summed E-state index contributed by atoms with van der Waals surface area (Å²) in [6.07, 6.45) is -0.683. The molecule has 1 heterocycles. The van der Waals surface area contributed by atoms with Crippen LogP contribution in [0.1, 0.15) is 85.3 Å². The van der Waals surface area contributed by atoms with Crippen molar-refractivity contribution in [3.05, 3.63) is 242 Å². The fourth-order valence-electron chi connectivity index (χ4n) is 9.88. The molecule has 374 valence electrons. The molecule has 13 aromatic rings. The number of nitrogens with zero attached hydrogens (tertiary/aromatic N) is 1. The molecule has 0 unspecified atom stereocenters.